The number of hydrogen-bond acceptors (Lipinski definition) is 3. The molecule has 30 heavy (non-hydrogen) atoms. The molecular formula is C24H30ClN3O2. The molecule has 160 valence electrons. The molecule has 2 aromatic rings. The molecule has 3 atom stereocenters. The summed E-state index contributed by atoms with van der Waals surface area (Å²) in [6, 6.07) is 17.6. The van der Waals surface area contributed by atoms with E-state index < -0.39 is 0 Å². The minimum Gasteiger partial charge on any atom is -0.345 e. The molecule has 0 aromatic heterocycles. The summed E-state index contributed by atoms with van der Waals surface area (Å²) in [6.07, 6.45) is 3.45. The van der Waals surface area contributed by atoms with Crippen molar-refractivity contribution in [3.05, 3.63) is 71.3 Å². The number of rotatable bonds is 5. The number of benzene rings is 2. The molecule has 5 nitrogen and oxygen atoms in total. The van der Waals surface area contributed by atoms with Gasteiger partial charge in [-0.3, -0.25) is 9.59 Å². The van der Waals surface area contributed by atoms with Crippen molar-refractivity contribution < 1.29 is 9.59 Å². The molecule has 0 spiro atoms. The molecule has 2 fully saturated rings. The van der Waals surface area contributed by atoms with E-state index in [4.69, 9.17) is 0 Å². The lowest BCUT2D eigenvalue weighted by Gasteiger charge is -2.30. The number of fused-ring (bicyclic) bond motifs is 2. The molecule has 2 heterocycles. The van der Waals surface area contributed by atoms with E-state index in [0.29, 0.717) is 11.6 Å². The van der Waals surface area contributed by atoms with Gasteiger partial charge in [0, 0.05) is 24.2 Å². The van der Waals surface area contributed by atoms with Gasteiger partial charge in [0.2, 0.25) is 5.91 Å². The summed E-state index contributed by atoms with van der Waals surface area (Å²) in [4.78, 5) is 28.2. The lowest BCUT2D eigenvalue weighted by Crippen LogP contribution is -2.44. The first-order valence-corrected chi connectivity index (χ1v) is 10.6. The van der Waals surface area contributed by atoms with E-state index in [1.54, 1.807) is 0 Å². The number of carbonyl (C=O) groups is 2. The predicted octanol–water partition coefficient (Wildman–Crippen LogP) is 3.63. The first-order chi connectivity index (χ1) is 14.1. The van der Waals surface area contributed by atoms with Crippen LogP contribution < -0.4 is 10.6 Å². The van der Waals surface area contributed by atoms with Crippen molar-refractivity contribution in [2.24, 2.45) is 0 Å². The average molecular weight is 428 g/mol. The van der Waals surface area contributed by atoms with E-state index in [2.05, 4.69) is 15.5 Å². The minimum atomic E-state index is -0.340. The zero-order valence-electron chi connectivity index (χ0n) is 17.3. The molecule has 6 heteroatoms. The summed E-state index contributed by atoms with van der Waals surface area (Å²) in [6.45, 7) is 3.84. The molecule has 2 bridgehead atoms. The van der Waals surface area contributed by atoms with Gasteiger partial charge in [0.15, 0.2) is 0 Å². The maximum atomic E-state index is 13.3. The molecule has 2 aromatic carbocycles. The SMILES string of the molecule is Cc1ccc(C(=O)NC(CC(=O)N2C3CCNCC2CC3)c2ccccc2)cc1.Cl. The summed E-state index contributed by atoms with van der Waals surface area (Å²) in [5.74, 6) is -0.00795. The fourth-order valence-electron chi connectivity index (χ4n) is 4.55. The van der Waals surface area contributed by atoms with Gasteiger partial charge < -0.3 is 15.5 Å². The van der Waals surface area contributed by atoms with Crippen LogP contribution in [0.3, 0.4) is 0 Å². The van der Waals surface area contributed by atoms with Gasteiger partial charge >= 0.3 is 0 Å². The van der Waals surface area contributed by atoms with E-state index >= 15 is 0 Å². The smallest absolute Gasteiger partial charge is 0.251 e. The van der Waals surface area contributed by atoms with Gasteiger partial charge in [0.25, 0.3) is 5.91 Å². The lowest BCUT2D eigenvalue weighted by atomic mass is 10.0. The van der Waals surface area contributed by atoms with Crippen molar-refractivity contribution in [1.82, 2.24) is 15.5 Å². The van der Waals surface area contributed by atoms with Crippen LogP contribution in [0.15, 0.2) is 54.6 Å². The summed E-state index contributed by atoms with van der Waals surface area (Å²) in [5, 5.41) is 6.55. The Morgan fingerprint density at radius 3 is 2.47 bits per heavy atom. The van der Waals surface area contributed by atoms with Crippen molar-refractivity contribution in [3.8, 4) is 0 Å². The highest BCUT2D eigenvalue weighted by atomic mass is 35.5. The fraction of sp³-hybridized carbons (Fsp3) is 0.417. The van der Waals surface area contributed by atoms with Crippen LogP contribution in [0.1, 0.15) is 53.2 Å². The van der Waals surface area contributed by atoms with Crippen LogP contribution in [-0.4, -0.2) is 41.9 Å². The van der Waals surface area contributed by atoms with Crippen LogP contribution in [-0.2, 0) is 4.79 Å². The molecule has 2 aliphatic rings. The first kappa shape index (κ1) is 22.3. The standard InChI is InChI=1S/C24H29N3O2.ClH/c1-17-7-9-19(10-8-17)24(29)26-22(18-5-3-2-4-6-18)15-23(28)27-20-11-12-21(27)16-25-14-13-20;/h2-10,20-22,25H,11-16H2,1H3,(H,26,29);1H. The van der Waals surface area contributed by atoms with E-state index in [9.17, 15) is 9.59 Å². The van der Waals surface area contributed by atoms with Crippen LogP contribution in [0.4, 0.5) is 0 Å². The Hall–Kier alpha value is -2.37. The highest BCUT2D eigenvalue weighted by molar-refractivity contribution is 5.94. The molecule has 2 amide bonds. The highest BCUT2D eigenvalue weighted by Crippen LogP contribution is 2.30. The van der Waals surface area contributed by atoms with E-state index in [0.717, 1.165) is 43.5 Å². The summed E-state index contributed by atoms with van der Waals surface area (Å²) in [5.41, 5.74) is 2.69. The van der Waals surface area contributed by atoms with Crippen molar-refractivity contribution in [2.45, 2.75) is 50.7 Å². The van der Waals surface area contributed by atoms with Gasteiger partial charge in [0.1, 0.15) is 0 Å². The monoisotopic (exact) mass is 427 g/mol. The maximum absolute atomic E-state index is 13.3. The van der Waals surface area contributed by atoms with Gasteiger partial charge in [-0.2, -0.15) is 0 Å². The van der Waals surface area contributed by atoms with Crippen LogP contribution in [0.25, 0.3) is 0 Å². The van der Waals surface area contributed by atoms with Crippen LogP contribution in [0, 0.1) is 6.92 Å². The molecule has 0 aliphatic carbocycles. The lowest BCUT2D eigenvalue weighted by molar-refractivity contribution is -0.134. The quantitative estimate of drug-likeness (QED) is 0.765. The molecule has 3 unspecified atom stereocenters. The predicted molar refractivity (Wildman–Crippen MR) is 121 cm³/mol. The molecule has 0 saturated carbocycles. The first-order valence-electron chi connectivity index (χ1n) is 10.6. The third kappa shape index (κ3) is 5.02. The number of nitrogens with one attached hydrogen (secondary N) is 2. The van der Waals surface area contributed by atoms with E-state index in [-0.39, 0.29) is 42.7 Å². The summed E-state index contributed by atoms with van der Waals surface area (Å²) < 4.78 is 0. The zero-order chi connectivity index (χ0) is 20.2. The van der Waals surface area contributed by atoms with Crippen LogP contribution in [0.2, 0.25) is 0 Å². The second-order valence-electron chi connectivity index (χ2n) is 8.19. The van der Waals surface area contributed by atoms with Crippen molar-refractivity contribution in [2.75, 3.05) is 13.1 Å². The van der Waals surface area contributed by atoms with Crippen molar-refractivity contribution >= 4 is 24.2 Å². The molecule has 2 saturated heterocycles. The number of aryl methyl sites for hydroxylation is 1. The van der Waals surface area contributed by atoms with Crippen molar-refractivity contribution in [3.63, 3.8) is 0 Å². The maximum Gasteiger partial charge on any atom is 0.251 e. The van der Waals surface area contributed by atoms with E-state index in [1.807, 2.05) is 61.5 Å². The Balaban J connectivity index is 0.00000256. The summed E-state index contributed by atoms with van der Waals surface area (Å²) >= 11 is 0. The molecule has 2 aliphatic heterocycles. The molecule has 2 N–H and O–H groups in total. The van der Waals surface area contributed by atoms with Gasteiger partial charge in [-0.05, 0) is 50.4 Å². The highest BCUT2D eigenvalue weighted by Gasteiger charge is 2.38. The Kier molecular flexibility index (Phi) is 7.51. The third-order valence-corrected chi connectivity index (χ3v) is 6.14. The second kappa shape index (κ2) is 10.1. The van der Waals surface area contributed by atoms with Crippen molar-refractivity contribution in [1.29, 1.82) is 0 Å². The largest absolute Gasteiger partial charge is 0.345 e. The summed E-state index contributed by atoms with van der Waals surface area (Å²) in [7, 11) is 0. The van der Waals surface area contributed by atoms with Gasteiger partial charge in [-0.15, -0.1) is 12.4 Å². The molecular weight excluding hydrogens is 398 g/mol. The molecule has 0 radical (unpaired) electrons. The minimum absolute atomic E-state index is 0. The zero-order valence-corrected chi connectivity index (χ0v) is 18.2. The third-order valence-electron chi connectivity index (χ3n) is 6.14. The average Bonchev–Trinajstić information content (AvgIpc) is 3.01. The number of halogens is 1. The van der Waals surface area contributed by atoms with E-state index in [1.165, 1.54) is 0 Å². The number of carbonyl (C=O) groups excluding carboxylic acids is 2. The molecule has 4 rings (SSSR count). The van der Waals surface area contributed by atoms with Crippen LogP contribution >= 0.6 is 12.4 Å². The Morgan fingerprint density at radius 1 is 1.03 bits per heavy atom. The number of nitrogens with zero attached hydrogens (tertiary/aromatic N) is 1. The van der Waals surface area contributed by atoms with Gasteiger partial charge in [0.05, 0.1) is 12.5 Å². The topological polar surface area (TPSA) is 61.4 Å². The Labute approximate surface area is 184 Å². The number of amides is 2. The van der Waals surface area contributed by atoms with Crippen LogP contribution in [0.5, 0.6) is 0 Å². The van der Waals surface area contributed by atoms with Gasteiger partial charge in [-0.1, -0.05) is 48.0 Å². The Morgan fingerprint density at radius 2 is 1.73 bits per heavy atom. The Bertz CT molecular complexity index is 843. The van der Waals surface area contributed by atoms with Gasteiger partial charge in [-0.25, -0.2) is 0 Å². The number of hydrogen-bond donors (Lipinski definition) is 2. The fourth-order valence-corrected chi connectivity index (χ4v) is 4.55. The normalized spacial score (nSPS) is 21.3. The second-order valence-corrected chi connectivity index (χ2v) is 8.19.